The van der Waals surface area contributed by atoms with Crippen LogP contribution < -0.4 is 14.5 Å². The fourth-order valence-electron chi connectivity index (χ4n) is 4.97. The van der Waals surface area contributed by atoms with E-state index in [2.05, 4.69) is 33.3 Å². The van der Waals surface area contributed by atoms with Gasteiger partial charge in [0.05, 0.1) is 23.4 Å². The Morgan fingerprint density at radius 3 is 2.52 bits per heavy atom. The highest BCUT2D eigenvalue weighted by molar-refractivity contribution is 7.97. The average Bonchev–Trinajstić information content (AvgIpc) is 3.31. The molecule has 4 aliphatic rings. The molecule has 2 aliphatic carbocycles. The van der Waals surface area contributed by atoms with E-state index in [1.807, 2.05) is 19.1 Å². The molecule has 136 valence electrons. The van der Waals surface area contributed by atoms with E-state index in [0.717, 1.165) is 49.8 Å². The molecule has 1 aromatic carbocycles. The Labute approximate surface area is 155 Å². The molecule has 3 unspecified atom stereocenters. The van der Waals surface area contributed by atoms with Crippen molar-refractivity contribution in [1.82, 2.24) is 4.31 Å². The van der Waals surface area contributed by atoms with Gasteiger partial charge in [-0.2, -0.15) is 0 Å². The lowest BCUT2D eigenvalue weighted by molar-refractivity contribution is 0.353. The molecule has 0 radical (unpaired) electrons. The van der Waals surface area contributed by atoms with Gasteiger partial charge in [0.15, 0.2) is 0 Å². The second kappa shape index (κ2) is 6.27. The van der Waals surface area contributed by atoms with Gasteiger partial charge in [-0.3, -0.25) is 0 Å². The van der Waals surface area contributed by atoms with Crippen LogP contribution in [0.15, 0.2) is 17.0 Å². The molecule has 5 heteroatoms. The first-order chi connectivity index (χ1) is 12.2. The van der Waals surface area contributed by atoms with Crippen LogP contribution in [-0.2, 0) is 0 Å². The van der Waals surface area contributed by atoms with Crippen molar-refractivity contribution in [2.75, 3.05) is 50.1 Å². The number of ether oxygens (including phenoxy) is 1. The molecule has 25 heavy (non-hydrogen) atoms. The van der Waals surface area contributed by atoms with Crippen molar-refractivity contribution < 1.29 is 4.74 Å². The van der Waals surface area contributed by atoms with Crippen molar-refractivity contribution in [2.45, 2.75) is 43.0 Å². The van der Waals surface area contributed by atoms with Gasteiger partial charge in [-0.15, -0.1) is 0 Å². The zero-order chi connectivity index (χ0) is 17.0. The van der Waals surface area contributed by atoms with E-state index in [-0.39, 0.29) is 0 Å². The van der Waals surface area contributed by atoms with Crippen molar-refractivity contribution in [2.24, 2.45) is 11.8 Å². The molecule has 4 nitrogen and oxygen atoms in total. The van der Waals surface area contributed by atoms with Crippen molar-refractivity contribution in [3.05, 3.63) is 12.1 Å². The van der Waals surface area contributed by atoms with Gasteiger partial charge in [0.2, 0.25) is 0 Å². The van der Waals surface area contributed by atoms with E-state index >= 15 is 0 Å². The molecule has 2 heterocycles. The minimum Gasteiger partial charge on any atom is -0.495 e. The SMILES string of the molecule is COc1cc2c(cc1N1CCCCC1)N(C1CC3CC31)CCN(C)S2. The highest BCUT2D eigenvalue weighted by atomic mass is 32.2. The Morgan fingerprint density at radius 1 is 1.00 bits per heavy atom. The topological polar surface area (TPSA) is 19.0 Å². The highest BCUT2D eigenvalue weighted by Gasteiger charge is 2.56. The summed E-state index contributed by atoms with van der Waals surface area (Å²) >= 11 is 1.88. The minimum absolute atomic E-state index is 0.776. The predicted molar refractivity (Wildman–Crippen MR) is 105 cm³/mol. The zero-order valence-corrected chi connectivity index (χ0v) is 16.2. The molecule has 3 fully saturated rings. The molecule has 0 spiro atoms. The predicted octanol–water partition coefficient (Wildman–Crippen LogP) is 3.85. The third-order valence-corrected chi connectivity index (χ3v) is 7.61. The highest BCUT2D eigenvalue weighted by Crippen LogP contribution is 2.59. The van der Waals surface area contributed by atoms with Crippen LogP contribution in [0.2, 0.25) is 0 Å². The number of methoxy groups -OCH3 is 1. The summed E-state index contributed by atoms with van der Waals surface area (Å²) in [5.41, 5.74) is 2.76. The van der Waals surface area contributed by atoms with Crippen molar-refractivity contribution in [1.29, 1.82) is 0 Å². The normalized spacial score (nSPS) is 31.7. The van der Waals surface area contributed by atoms with Crippen LogP contribution in [0, 0.1) is 11.8 Å². The summed E-state index contributed by atoms with van der Waals surface area (Å²) in [6, 6.07) is 5.52. The molecular weight excluding hydrogens is 330 g/mol. The standard InChI is InChI=1S/C20H29N3OS/c1-21-8-9-23(16-11-14-10-15(14)16)18-12-17(22-6-4-3-5-7-22)19(24-2)13-20(18)25-21/h12-16H,3-11H2,1-2H3. The average molecular weight is 360 g/mol. The molecular formula is C20H29N3OS. The molecule has 0 bridgehead atoms. The number of likely N-dealkylation sites (N-methyl/N-ethyl adjacent to an activating group) is 1. The van der Waals surface area contributed by atoms with E-state index in [1.54, 1.807) is 0 Å². The maximum Gasteiger partial charge on any atom is 0.143 e. The molecule has 2 aliphatic heterocycles. The number of nitrogens with zero attached hydrogens (tertiary/aromatic N) is 3. The Balaban J connectivity index is 1.54. The van der Waals surface area contributed by atoms with Crippen LogP contribution in [0.3, 0.4) is 0 Å². The summed E-state index contributed by atoms with van der Waals surface area (Å²) in [6.07, 6.45) is 6.83. The fraction of sp³-hybridized carbons (Fsp3) is 0.700. The van der Waals surface area contributed by atoms with Gasteiger partial charge >= 0.3 is 0 Å². The van der Waals surface area contributed by atoms with Gasteiger partial charge in [-0.05, 0) is 75.1 Å². The number of benzene rings is 1. The second-order valence-electron chi connectivity index (χ2n) is 8.14. The van der Waals surface area contributed by atoms with Crippen LogP contribution in [0.25, 0.3) is 0 Å². The smallest absolute Gasteiger partial charge is 0.143 e. The number of fused-ring (bicyclic) bond motifs is 2. The van der Waals surface area contributed by atoms with E-state index in [4.69, 9.17) is 4.74 Å². The van der Waals surface area contributed by atoms with E-state index in [1.165, 1.54) is 48.4 Å². The van der Waals surface area contributed by atoms with Gasteiger partial charge in [0.1, 0.15) is 5.75 Å². The molecule has 0 amide bonds. The lowest BCUT2D eigenvalue weighted by Gasteiger charge is -2.40. The molecule has 0 N–H and O–H groups in total. The van der Waals surface area contributed by atoms with E-state index < -0.39 is 0 Å². The summed E-state index contributed by atoms with van der Waals surface area (Å²) in [5, 5.41) is 0. The quantitative estimate of drug-likeness (QED) is 0.761. The summed E-state index contributed by atoms with van der Waals surface area (Å²) in [4.78, 5) is 6.63. The monoisotopic (exact) mass is 359 g/mol. The first-order valence-electron chi connectivity index (χ1n) is 9.87. The summed E-state index contributed by atoms with van der Waals surface area (Å²) in [7, 11) is 4.03. The Morgan fingerprint density at radius 2 is 1.84 bits per heavy atom. The summed E-state index contributed by atoms with van der Waals surface area (Å²) in [6.45, 7) is 4.59. The molecule has 2 saturated carbocycles. The number of hydrogen-bond donors (Lipinski definition) is 0. The number of anilines is 2. The molecule has 0 aromatic heterocycles. The molecule has 1 aromatic rings. The van der Waals surface area contributed by atoms with Crippen molar-refractivity contribution in [3.8, 4) is 5.75 Å². The Kier molecular flexibility index (Phi) is 4.05. The van der Waals surface area contributed by atoms with Gasteiger partial charge in [0, 0.05) is 32.2 Å². The molecule has 1 saturated heterocycles. The van der Waals surface area contributed by atoms with Crippen LogP contribution >= 0.6 is 11.9 Å². The summed E-state index contributed by atoms with van der Waals surface area (Å²) in [5.74, 6) is 3.06. The molecule has 5 rings (SSSR count). The lowest BCUT2D eigenvalue weighted by Crippen LogP contribution is -2.44. The van der Waals surface area contributed by atoms with Crippen LogP contribution in [0.4, 0.5) is 11.4 Å². The van der Waals surface area contributed by atoms with Gasteiger partial charge in [-0.25, -0.2) is 4.31 Å². The van der Waals surface area contributed by atoms with Crippen LogP contribution in [-0.4, -0.2) is 50.7 Å². The second-order valence-corrected chi connectivity index (χ2v) is 9.38. The third-order valence-electron chi connectivity index (χ3n) is 6.59. The van der Waals surface area contributed by atoms with Crippen LogP contribution in [0.1, 0.15) is 32.1 Å². The first-order valence-corrected chi connectivity index (χ1v) is 10.6. The number of rotatable bonds is 3. The van der Waals surface area contributed by atoms with E-state index in [0.29, 0.717) is 0 Å². The largest absolute Gasteiger partial charge is 0.495 e. The van der Waals surface area contributed by atoms with Gasteiger partial charge in [-0.1, -0.05) is 0 Å². The van der Waals surface area contributed by atoms with Crippen LogP contribution in [0.5, 0.6) is 5.75 Å². The fourth-order valence-corrected chi connectivity index (χ4v) is 5.91. The maximum atomic E-state index is 5.81. The Hall–Kier alpha value is -1.07. The number of hydrogen-bond acceptors (Lipinski definition) is 5. The summed E-state index contributed by atoms with van der Waals surface area (Å²) < 4.78 is 8.19. The Bertz CT molecular complexity index is 661. The van der Waals surface area contributed by atoms with E-state index in [9.17, 15) is 0 Å². The lowest BCUT2D eigenvalue weighted by atomic mass is 9.91. The minimum atomic E-state index is 0.776. The van der Waals surface area contributed by atoms with Crippen molar-refractivity contribution >= 4 is 23.3 Å². The van der Waals surface area contributed by atoms with Crippen molar-refractivity contribution in [3.63, 3.8) is 0 Å². The third kappa shape index (κ3) is 2.80. The first kappa shape index (κ1) is 16.1. The van der Waals surface area contributed by atoms with Gasteiger partial charge in [0.25, 0.3) is 0 Å². The molecule has 3 atom stereocenters. The number of piperidine rings is 1. The maximum absolute atomic E-state index is 5.81. The zero-order valence-electron chi connectivity index (χ0n) is 15.4. The van der Waals surface area contributed by atoms with Gasteiger partial charge < -0.3 is 14.5 Å².